The molecule has 0 bridgehead atoms. The van der Waals surface area contributed by atoms with Crippen LogP contribution < -0.4 is 5.32 Å². The van der Waals surface area contributed by atoms with Crippen molar-refractivity contribution < 1.29 is 4.79 Å². The highest BCUT2D eigenvalue weighted by Gasteiger charge is 2.31. The maximum Gasteiger partial charge on any atom is 0.223 e. The molecule has 1 aromatic carbocycles. The van der Waals surface area contributed by atoms with Gasteiger partial charge in [0.15, 0.2) is 0 Å². The van der Waals surface area contributed by atoms with Crippen LogP contribution in [0.15, 0.2) is 24.3 Å². The Morgan fingerprint density at radius 2 is 1.92 bits per heavy atom. The van der Waals surface area contributed by atoms with Gasteiger partial charge in [-0.15, -0.1) is 12.4 Å². The summed E-state index contributed by atoms with van der Waals surface area (Å²) in [6.45, 7) is 5.34. The molecule has 3 nitrogen and oxygen atoms in total. The van der Waals surface area contributed by atoms with E-state index in [4.69, 9.17) is 11.6 Å². The SMILES string of the molecule is CC(CC(=O)N1CCCC1c1ccc(Cl)cc1)C1CCNCC1.Cl. The average Bonchev–Trinajstić information content (AvgIpc) is 3.06. The molecule has 0 aliphatic carbocycles. The number of nitrogens with one attached hydrogen (secondary N) is 1. The Kier molecular flexibility index (Phi) is 7.39. The first kappa shape index (κ1) is 19.6. The Balaban J connectivity index is 0.00000208. The van der Waals surface area contributed by atoms with E-state index in [-0.39, 0.29) is 18.4 Å². The van der Waals surface area contributed by atoms with Crippen molar-refractivity contribution in [2.24, 2.45) is 11.8 Å². The van der Waals surface area contributed by atoms with Crippen molar-refractivity contribution >= 4 is 29.9 Å². The van der Waals surface area contributed by atoms with Crippen LogP contribution in [0.25, 0.3) is 0 Å². The van der Waals surface area contributed by atoms with E-state index in [0.717, 1.165) is 37.5 Å². The smallest absolute Gasteiger partial charge is 0.223 e. The number of piperidine rings is 1. The molecule has 1 amide bonds. The number of likely N-dealkylation sites (tertiary alicyclic amines) is 1. The van der Waals surface area contributed by atoms with E-state index >= 15 is 0 Å². The second kappa shape index (κ2) is 9.07. The summed E-state index contributed by atoms with van der Waals surface area (Å²) in [6, 6.07) is 8.22. The Bertz CT molecular complexity index is 529. The van der Waals surface area contributed by atoms with Crippen LogP contribution in [-0.4, -0.2) is 30.4 Å². The lowest BCUT2D eigenvalue weighted by molar-refractivity contribution is -0.133. The molecule has 0 aromatic heterocycles. The molecule has 2 saturated heterocycles. The fraction of sp³-hybridized carbons (Fsp3) is 0.632. The van der Waals surface area contributed by atoms with Gasteiger partial charge < -0.3 is 10.2 Å². The molecular weight excluding hydrogens is 343 g/mol. The van der Waals surface area contributed by atoms with Gasteiger partial charge in [-0.3, -0.25) is 4.79 Å². The number of hydrogen-bond acceptors (Lipinski definition) is 2. The predicted molar refractivity (Wildman–Crippen MR) is 102 cm³/mol. The largest absolute Gasteiger partial charge is 0.336 e. The third kappa shape index (κ3) is 4.65. The zero-order valence-electron chi connectivity index (χ0n) is 14.3. The number of carbonyl (C=O) groups is 1. The minimum Gasteiger partial charge on any atom is -0.336 e. The van der Waals surface area contributed by atoms with Crippen LogP contribution in [0.3, 0.4) is 0 Å². The molecule has 2 atom stereocenters. The quantitative estimate of drug-likeness (QED) is 0.848. The minimum atomic E-state index is 0. The van der Waals surface area contributed by atoms with Crippen LogP contribution in [0.4, 0.5) is 0 Å². The van der Waals surface area contributed by atoms with Gasteiger partial charge in [-0.05, 0) is 68.3 Å². The fourth-order valence-electron chi connectivity index (χ4n) is 4.07. The van der Waals surface area contributed by atoms with Crippen molar-refractivity contribution in [3.8, 4) is 0 Å². The number of rotatable bonds is 4. The van der Waals surface area contributed by atoms with Crippen LogP contribution in [0.5, 0.6) is 0 Å². The summed E-state index contributed by atoms with van der Waals surface area (Å²) in [7, 11) is 0. The second-order valence-electron chi connectivity index (χ2n) is 7.07. The van der Waals surface area contributed by atoms with Crippen LogP contribution in [0.1, 0.15) is 50.6 Å². The molecule has 1 N–H and O–H groups in total. The van der Waals surface area contributed by atoms with E-state index in [1.807, 2.05) is 12.1 Å². The summed E-state index contributed by atoms with van der Waals surface area (Å²) in [5, 5.41) is 4.16. The number of halogens is 2. The van der Waals surface area contributed by atoms with Crippen LogP contribution in [0.2, 0.25) is 5.02 Å². The summed E-state index contributed by atoms with van der Waals surface area (Å²) in [4.78, 5) is 14.9. The van der Waals surface area contributed by atoms with Crippen molar-refractivity contribution in [3.05, 3.63) is 34.9 Å². The third-order valence-electron chi connectivity index (χ3n) is 5.51. The van der Waals surface area contributed by atoms with Crippen molar-refractivity contribution in [2.75, 3.05) is 19.6 Å². The fourth-order valence-corrected chi connectivity index (χ4v) is 4.20. The van der Waals surface area contributed by atoms with Gasteiger partial charge in [-0.1, -0.05) is 30.7 Å². The topological polar surface area (TPSA) is 32.3 Å². The maximum absolute atomic E-state index is 12.8. The minimum absolute atomic E-state index is 0. The van der Waals surface area contributed by atoms with Gasteiger partial charge in [0.2, 0.25) is 5.91 Å². The highest BCUT2D eigenvalue weighted by molar-refractivity contribution is 6.30. The molecule has 0 radical (unpaired) electrons. The molecule has 2 aliphatic heterocycles. The van der Waals surface area contributed by atoms with E-state index in [0.29, 0.717) is 24.2 Å². The van der Waals surface area contributed by atoms with E-state index < -0.39 is 0 Å². The first-order valence-corrected chi connectivity index (χ1v) is 9.28. The van der Waals surface area contributed by atoms with Gasteiger partial charge in [0.05, 0.1) is 6.04 Å². The zero-order valence-corrected chi connectivity index (χ0v) is 15.9. The molecule has 24 heavy (non-hydrogen) atoms. The first-order valence-electron chi connectivity index (χ1n) is 8.91. The Labute approximate surface area is 156 Å². The number of carbonyl (C=O) groups excluding carboxylic acids is 1. The van der Waals surface area contributed by atoms with Crippen molar-refractivity contribution in [1.29, 1.82) is 0 Å². The van der Waals surface area contributed by atoms with E-state index in [9.17, 15) is 4.79 Å². The molecule has 2 unspecified atom stereocenters. The monoisotopic (exact) mass is 370 g/mol. The second-order valence-corrected chi connectivity index (χ2v) is 7.50. The lowest BCUT2D eigenvalue weighted by Gasteiger charge is -2.31. The van der Waals surface area contributed by atoms with Gasteiger partial charge in [0.25, 0.3) is 0 Å². The van der Waals surface area contributed by atoms with Gasteiger partial charge in [-0.25, -0.2) is 0 Å². The maximum atomic E-state index is 12.8. The van der Waals surface area contributed by atoms with E-state index in [1.54, 1.807) is 0 Å². The molecule has 2 heterocycles. The molecule has 5 heteroatoms. The van der Waals surface area contributed by atoms with Crippen molar-refractivity contribution in [1.82, 2.24) is 10.2 Å². The highest BCUT2D eigenvalue weighted by Crippen LogP contribution is 2.34. The highest BCUT2D eigenvalue weighted by atomic mass is 35.5. The van der Waals surface area contributed by atoms with Crippen LogP contribution >= 0.6 is 24.0 Å². The lowest BCUT2D eigenvalue weighted by atomic mass is 9.84. The number of benzene rings is 1. The van der Waals surface area contributed by atoms with Gasteiger partial charge in [0.1, 0.15) is 0 Å². The van der Waals surface area contributed by atoms with Gasteiger partial charge >= 0.3 is 0 Å². The molecule has 3 rings (SSSR count). The van der Waals surface area contributed by atoms with Gasteiger partial charge in [-0.2, -0.15) is 0 Å². The van der Waals surface area contributed by atoms with Crippen LogP contribution in [-0.2, 0) is 4.79 Å². The molecule has 2 fully saturated rings. The summed E-state index contributed by atoms with van der Waals surface area (Å²) in [5.74, 6) is 1.50. The Morgan fingerprint density at radius 1 is 1.25 bits per heavy atom. The molecule has 134 valence electrons. The lowest BCUT2D eigenvalue weighted by Crippen LogP contribution is -2.35. The summed E-state index contributed by atoms with van der Waals surface area (Å²) < 4.78 is 0. The molecule has 0 spiro atoms. The third-order valence-corrected chi connectivity index (χ3v) is 5.77. The molecule has 1 aromatic rings. The average molecular weight is 371 g/mol. The normalized spacial score (nSPS) is 22.9. The predicted octanol–water partition coefficient (Wildman–Crippen LogP) is 4.45. The number of nitrogens with zero attached hydrogens (tertiary/aromatic N) is 1. The number of amides is 1. The van der Waals surface area contributed by atoms with Crippen molar-refractivity contribution in [3.63, 3.8) is 0 Å². The van der Waals surface area contributed by atoms with Crippen molar-refractivity contribution in [2.45, 2.75) is 45.1 Å². The number of hydrogen-bond donors (Lipinski definition) is 1. The Hall–Kier alpha value is -0.770. The Morgan fingerprint density at radius 3 is 2.58 bits per heavy atom. The molecule has 0 saturated carbocycles. The summed E-state index contributed by atoms with van der Waals surface area (Å²) in [5.41, 5.74) is 1.22. The van der Waals surface area contributed by atoms with E-state index in [2.05, 4.69) is 29.3 Å². The summed E-state index contributed by atoms with van der Waals surface area (Å²) in [6.07, 6.45) is 5.26. The van der Waals surface area contributed by atoms with Gasteiger partial charge in [0, 0.05) is 18.0 Å². The zero-order chi connectivity index (χ0) is 16.2. The molecular formula is C19H28Cl2N2O. The van der Waals surface area contributed by atoms with Crippen LogP contribution in [0, 0.1) is 11.8 Å². The summed E-state index contributed by atoms with van der Waals surface area (Å²) >= 11 is 5.99. The molecule has 2 aliphatic rings. The van der Waals surface area contributed by atoms with E-state index in [1.165, 1.54) is 18.4 Å². The standard InChI is InChI=1S/C19H27ClN2O.ClH/c1-14(15-8-10-21-11-9-15)13-19(23)22-12-2-3-18(22)16-4-6-17(20)7-5-16;/h4-7,14-15,18,21H,2-3,8-13H2,1H3;1H. The first-order chi connectivity index (χ1) is 11.1.